The first-order valence-electron chi connectivity index (χ1n) is 8.62. The van der Waals surface area contributed by atoms with Crippen molar-refractivity contribution in [3.8, 4) is 0 Å². The van der Waals surface area contributed by atoms with Crippen molar-refractivity contribution in [2.24, 2.45) is 20.0 Å². The van der Waals surface area contributed by atoms with E-state index in [1.165, 1.54) is 0 Å². The van der Waals surface area contributed by atoms with E-state index in [9.17, 15) is 9.59 Å². The van der Waals surface area contributed by atoms with E-state index < -0.39 is 0 Å². The van der Waals surface area contributed by atoms with Crippen LogP contribution in [0.15, 0.2) is 16.9 Å². The summed E-state index contributed by atoms with van der Waals surface area (Å²) in [5.41, 5.74) is 3.49. The fraction of sp³-hybridized carbons (Fsp3) is 0.556. The number of carbonyl (C=O) groups is 1. The van der Waals surface area contributed by atoms with Crippen molar-refractivity contribution in [2.75, 3.05) is 23.3 Å². The third-order valence-electron chi connectivity index (χ3n) is 4.70. The lowest BCUT2D eigenvalue weighted by Crippen LogP contribution is -2.21. The molecule has 6 heteroatoms. The number of amides is 1. The molecular weight excluding hydrogens is 304 g/mol. The van der Waals surface area contributed by atoms with E-state index in [-0.39, 0.29) is 11.6 Å². The highest BCUT2D eigenvalue weighted by Gasteiger charge is 2.20. The average molecular weight is 330 g/mol. The minimum absolute atomic E-state index is 0.0192. The molecule has 6 nitrogen and oxygen atoms in total. The van der Waals surface area contributed by atoms with E-state index in [0.29, 0.717) is 12.3 Å². The zero-order valence-electron chi connectivity index (χ0n) is 14.9. The van der Waals surface area contributed by atoms with E-state index >= 15 is 0 Å². The Balaban J connectivity index is 2.09. The van der Waals surface area contributed by atoms with Gasteiger partial charge in [-0.05, 0) is 30.9 Å². The van der Waals surface area contributed by atoms with Gasteiger partial charge >= 0.3 is 5.69 Å². The molecule has 0 bridgehead atoms. The van der Waals surface area contributed by atoms with Crippen LogP contribution in [0.25, 0.3) is 11.0 Å². The molecule has 1 fully saturated rings. The van der Waals surface area contributed by atoms with E-state index in [1.807, 2.05) is 26.0 Å². The Morgan fingerprint density at radius 1 is 1.12 bits per heavy atom. The number of aryl methyl sites for hydroxylation is 2. The third-order valence-corrected chi connectivity index (χ3v) is 4.70. The maximum atomic E-state index is 12.3. The first-order valence-corrected chi connectivity index (χ1v) is 8.62. The maximum absolute atomic E-state index is 12.3. The topological polar surface area (TPSA) is 59.3 Å². The lowest BCUT2D eigenvalue weighted by molar-refractivity contribution is -0.116. The number of rotatable bonds is 4. The Kier molecular flexibility index (Phi) is 4.39. The predicted molar refractivity (Wildman–Crippen MR) is 97.7 cm³/mol. The van der Waals surface area contributed by atoms with Crippen LogP contribution in [0.3, 0.4) is 0 Å². The zero-order chi connectivity index (χ0) is 17.4. The summed E-state index contributed by atoms with van der Waals surface area (Å²) in [6.07, 6.45) is 2.81. The minimum Gasteiger partial charge on any atom is -0.370 e. The molecule has 1 aliphatic heterocycles. The van der Waals surface area contributed by atoms with E-state index in [2.05, 4.69) is 10.2 Å². The molecule has 0 atom stereocenters. The molecule has 1 N–H and O–H groups in total. The van der Waals surface area contributed by atoms with Crippen molar-refractivity contribution in [3.63, 3.8) is 0 Å². The van der Waals surface area contributed by atoms with Gasteiger partial charge in [0.15, 0.2) is 0 Å². The fourth-order valence-electron chi connectivity index (χ4n) is 3.43. The summed E-state index contributed by atoms with van der Waals surface area (Å²) < 4.78 is 3.29. The molecule has 1 aromatic heterocycles. The molecule has 0 unspecified atom stereocenters. The maximum Gasteiger partial charge on any atom is 0.328 e. The van der Waals surface area contributed by atoms with E-state index in [4.69, 9.17) is 0 Å². The Bertz CT molecular complexity index is 826. The van der Waals surface area contributed by atoms with Crippen LogP contribution in [-0.2, 0) is 18.9 Å². The van der Waals surface area contributed by atoms with Crippen LogP contribution in [0.5, 0.6) is 0 Å². The van der Waals surface area contributed by atoms with Crippen LogP contribution >= 0.6 is 0 Å². The Labute approximate surface area is 142 Å². The lowest BCUT2D eigenvalue weighted by Gasteiger charge is -2.22. The van der Waals surface area contributed by atoms with Crippen LogP contribution in [-0.4, -0.2) is 28.1 Å². The Morgan fingerprint density at radius 3 is 2.29 bits per heavy atom. The number of benzene rings is 1. The van der Waals surface area contributed by atoms with E-state index in [0.717, 1.165) is 48.3 Å². The summed E-state index contributed by atoms with van der Waals surface area (Å²) in [6, 6.07) is 3.97. The zero-order valence-corrected chi connectivity index (χ0v) is 14.9. The third kappa shape index (κ3) is 2.92. The largest absolute Gasteiger partial charge is 0.370 e. The van der Waals surface area contributed by atoms with Gasteiger partial charge < -0.3 is 10.2 Å². The summed E-state index contributed by atoms with van der Waals surface area (Å²) >= 11 is 0. The summed E-state index contributed by atoms with van der Waals surface area (Å²) in [7, 11) is 3.55. The molecule has 2 heterocycles. The molecule has 1 saturated heterocycles. The molecular formula is C18H26N4O2. The van der Waals surface area contributed by atoms with Crippen molar-refractivity contribution >= 4 is 28.3 Å². The minimum atomic E-state index is -0.0528. The van der Waals surface area contributed by atoms with Gasteiger partial charge in [-0.1, -0.05) is 13.8 Å². The van der Waals surface area contributed by atoms with Gasteiger partial charge in [-0.3, -0.25) is 13.9 Å². The second kappa shape index (κ2) is 6.34. The van der Waals surface area contributed by atoms with Gasteiger partial charge in [-0.25, -0.2) is 4.79 Å². The highest BCUT2D eigenvalue weighted by molar-refractivity contribution is 5.98. The molecule has 0 aliphatic carbocycles. The highest BCUT2D eigenvalue weighted by atomic mass is 16.2. The van der Waals surface area contributed by atoms with Gasteiger partial charge in [0.25, 0.3) is 0 Å². The summed E-state index contributed by atoms with van der Waals surface area (Å²) in [4.78, 5) is 26.8. The number of aromatic nitrogens is 2. The van der Waals surface area contributed by atoms with Gasteiger partial charge in [-0.2, -0.15) is 0 Å². The smallest absolute Gasteiger partial charge is 0.328 e. The quantitative estimate of drug-likeness (QED) is 0.937. The number of fused-ring (bicyclic) bond motifs is 1. The first kappa shape index (κ1) is 16.6. The van der Waals surface area contributed by atoms with Crippen molar-refractivity contribution in [1.29, 1.82) is 0 Å². The fourth-order valence-corrected chi connectivity index (χ4v) is 3.43. The molecule has 0 radical (unpaired) electrons. The molecule has 1 aromatic carbocycles. The molecule has 3 rings (SSSR count). The summed E-state index contributed by atoms with van der Waals surface area (Å²) in [5, 5.41) is 3.06. The molecule has 0 saturated carbocycles. The van der Waals surface area contributed by atoms with Crippen molar-refractivity contribution in [1.82, 2.24) is 9.13 Å². The number of nitrogens with zero attached hydrogens (tertiary/aromatic N) is 3. The number of hydrogen-bond donors (Lipinski definition) is 1. The number of anilines is 2. The Morgan fingerprint density at radius 2 is 1.71 bits per heavy atom. The van der Waals surface area contributed by atoms with Gasteiger partial charge in [0, 0.05) is 33.6 Å². The molecule has 1 amide bonds. The highest BCUT2D eigenvalue weighted by Crippen LogP contribution is 2.33. The molecule has 130 valence electrons. The van der Waals surface area contributed by atoms with E-state index in [1.54, 1.807) is 23.2 Å². The first-order chi connectivity index (χ1) is 11.4. The number of carbonyl (C=O) groups excluding carboxylic acids is 1. The predicted octanol–water partition coefficient (Wildman–Crippen LogP) is 2.46. The van der Waals surface area contributed by atoms with Crippen LogP contribution in [0.4, 0.5) is 11.4 Å². The van der Waals surface area contributed by atoms with Gasteiger partial charge in [0.05, 0.1) is 22.4 Å². The normalized spacial score (nSPS) is 14.8. The van der Waals surface area contributed by atoms with Gasteiger partial charge in [-0.15, -0.1) is 0 Å². The summed E-state index contributed by atoms with van der Waals surface area (Å²) in [6.45, 7) is 6.04. The van der Waals surface area contributed by atoms with Crippen molar-refractivity contribution < 1.29 is 4.79 Å². The second-order valence-electron chi connectivity index (χ2n) is 7.10. The number of hydrogen-bond acceptors (Lipinski definition) is 3. The van der Waals surface area contributed by atoms with Crippen molar-refractivity contribution in [2.45, 2.75) is 33.1 Å². The standard InChI is InChI=1S/C18H26N4O2/c1-12(2)9-17(23)19-13-10-15-16(21(4)18(24)20(15)3)11-14(13)22-7-5-6-8-22/h10-12H,5-9H2,1-4H3,(H,19,23). The molecule has 1 aliphatic rings. The van der Waals surface area contributed by atoms with Crippen LogP contribution in [0.1, 0.15) is 33.1 Å². The van der Waals surface area contributed by atoms with Gasteiger partial charge in [0.1, 0.15) is 0 Å². The number of nitrogens with one attached hydrogen (secondary N) is 1. The van der Waals surface area contributed by atoms with Crippen LogP contribution in [0, 0.1) is 5.92 Å². The molecule has 2 aromatic rings. The second-order valence-corrected chi connectivity index (χ2v) is 7.10. The Hall–Kier alpha value is -2.24. The molecule has 0 spiro atoms. The van der Waals surface area contributed by atoms with Gasteiger partial charge in [0.2, 0.25) is 5.91 Å². The average Bonchev–Trinajstić information content (AvgIpc) is 3.11. The van der Waals surface area contributed by atoms with Crippen LogP contribution in [0.2, 0.25) is 0 Å². The monoisotopic (exact) mass is 330 g/mol. The van der Waals surface area contributed by atoms with Crippen LogP contribution < -0.4 is 15.9 Å². The molecule has 24 heavy (non-hydrogen) atoms. The number of imidazole rings is 1. The lowest BCUT2D eigenvalue weighted by atomic mass is 10.1. The van der Waals surface area contributed by atoms with Crippen molar-refractivity contribution in [3.05, 3.63) is 22.6 Å². The summed E-state index contributed by atoms with van der Waals surface area (Å²) in [5.74, 6) is 0.329. The SMILES string of the molecule is CC(C)CC(=O)Nc1cc2c(cc1N1CCCC1)n(C)c(=O)n2C.